The summed E-state index contributed by atoms with van der Waals surface area (Å²) in [5.41, 5.74) is 0.589. The summed E-state index contributed by atoms with van der Waals surface area (Å²) in [6, 6.07) is 12.9. The van der Waals surface area contributed by atoms with Crippen LogP contribution in [0.15, 0.2) is 66.3 Å². The molecule has 11 nitrogen and oxygen atoms in total. The number of rotatable bonds is 12. The Hall–Kier alpha value is -4.26. The predicted octanol–water partition coefficient (Wildman–Crippen LogP) is 2.99. The van der Waals surface area contributed by atoms with Crippen molar-refractivity contribution in [3.63, 3.8) is 0 Å². The Morgan fingerprint density at radius 3 is 2.67 bits per heavy atom. The standard InChI is InChI=1S/C33H37FN4O7S/c1-2-22-19-33(22,32(41)37-46(42,43)25-12-13-25)35-31(40)28-18-24(20-38(28)30(39)10-6-9-21-7-4-3-5-8-21)45-36-27-15-16-44-29-14-11-23(34)17-26(27)29/h2-5,7-8,11,14,17,22,24-25,28H,1,6,9-10,12-13,15-16,18-20H2,(H,35,40)(H,37,41)/b36-27+/t22-,24?,28?,33+/m1/s1. The minimum atomic E-state index is -3.84. The molecule has 0 spiro atoms. The zero-order valence-corrected chi connectivity index (χ0v) is 26.1. The number of halogens is 1. The van der Waals surface area contributed by atoms with E-state index in [9.17, 15) is 27.2 Å². The molecule has 2 aromatic carbocycles. The minimum absolute atomic E-state index is 0.0751. The molecular weight excluding hydrogens is 615 g/mol. The molecule has 244 valence electrons. The monoisotopic (exact) mass is 652 g/mol. The molecular formula is C33H37FN4O7S. The van der Waals surface area contributed by atoms with E-state index in [1.165, 1.54) is 29.2 Å². The van der Waals surface area contributed by atoms with Crippen LogP contribution < -0.4 is 14.8 Å². The van der Waals surface area contributed by atoms with Gasteiger partial charge in [-0.1, -0.05) is 41.6 Å². The van der Waals surface area contributed by atoms with Crippen molar-refractivity contribution < 1.29 is 36.8 Å². The Labute approximate surface area is 267 Å². The molecule has 2 unspecified atom stereocenters. The molecule has 13 heteroatoms. The molecule has 6 rings (SSSR count). The average Bonchev–Trinajstić information content (AvgIpc) is 3.97. The van der Waals surface area contributed by atoms with Gasteiger partial charge in [0.25, 0.3) is 5.91 Å². The highest BCUT2D eigenvalue weighted by molar-refractivity contribution is 7.91. The zero-order chi connectivity index (χ0) is 32.5. The molecule has 4 atom stereocenters. The quantitative estimate of drug-likeness (QED) is 0.265. The van der Waals surface area contributed by atoms with E-state index >= 15 is 0 Å². The fourth-order valence-corrected chi connectivity index (χ4v) is 7.49. The third kappa shape index (κ3) is 6.79. The van der Waals surface area contributed by atoms with Crippen LogP contribution in [-0.2, 0) is 35.7 Å². The van der Waals surface area contributed by atoms with E-state index in [0.717, 1.165) is 5.56 Å². The van der Waals surface area contributed by atoms with Gasteiger partial charge in [0.05, 0.1) is 24.1 Å². The summed E-state index contributed by atoms with van der Waals surface area (Å²) in [6.45, 7) is 4.16. The molecule has 4 aliphatic rings. The van der Waals surface area contributed by atoms with Crippen LogP contribution in [0.1, 0.15) is 56.1 Å². The van der Waals surface area contributed by atoms with Crippen LogP contribution in [0.25, 0.3) is 0 Å². The SMILES string of the molecule is C=C[C@@H]1C[C@@]1(NC(=O)C1CC(O/N=C2\CCOc3ccc(F)cc32)CN1C(=O)CCCc1ccccc1)C(=O)NS(=O)(=O)C1CC1. The van der Waals surface area contributed by atoms with Gasteiger partial charge in [-0.25, -0.2) is 12.8 Å². The number of sulfonamides is 1. The maximum atomic E-state index is 14.0. The summed E-state index contributed by atoms with van der Waals surface area (Å²) >= 11 is 0. The smallest absolute Gasteiger partial charge is 0.259 e. The van der Waals surface area contributed by atoms with Gasteiger partial charge in [-0.05, 0) is 55.9 Å². The van der Waals surface area contributed by atoms with E-state index in [2.05, 4.69) is 21.8 Å². The number of amides is 3. The third-order valence-electron chi connectivity index (χ3n) is 8.99. The summed E-state index contributed by atoms with van der Waals surface area (Å²) in [5.74, 6) is -2.06. The molecule has 3 amide bonds. The Morgan fingerprint density at radius 2 is 1.96 bits per heavy atom. The molecule has 0 bridgehead atoms. The first kappa shape index (κ1) is 31.7. The topological polar surface area (TPSA) is 143 Å². The molecule has 2 aromatic rings. The van der Waals surface area contributed by atoms with Gasteiger partial charge in [-0.2, -0.15) is 0 Å². The van der Waals surface area contributed by atoms with Gasteiger partial charge >= 0.3 is 0 Å². The number of likely N-dealkylation sites (tertiary alicyclic amines) is 1. The van der Waals surface area contributed by atoms with Crippen LogP contribution in [0, 0.1) is 11.7 Å². The van der Waals surface area contributed by atoms with Crippen LogP contribution in [0.5, 0.6) is 5.75 Å². The van der Waals surface area contributed by atoms with Crippen molar-refractivity contribution in [2.45, 2.75) is 74.3 Å². The van der Waals surface area contributed by atoms with Crippen molar-refractivity contribution in [3.8, 4) is 5.75 Å². The van der Waals surface area contributed by atoms with Gasteiger partial charge < -0.3 is 19.8 Å². The van der Waals surface area contributed by atoms with Gasteiger partial charge in [0, 0.05) is 30.7 Å². The maximum absolute atomic E-state index is 14.0. The predicted molar refractivity (Wildman–Crippen MR) is 167 cm³/mol. The number of carbonyl (C=O) groups is 3. The van der Waals surface area contributed by atoms with Crippen LogP contribution in [0.4, 0.5) is 4.39 Å². The van der Waals surface area contributed by atoms with Gasteiger partial charge in [-0.3, -0.25) is 19.1 Å². The lowest BCUT2D eigenvalue weighted by Gasteiger charge is -2.26. The average molecular weight is 653 g/mol. The first-order valence-corrected chi connectivity index (χ1v) is 17.1. The molecule has 3 fully saturated rings. The van der Waals surface area contributed by atoms with Crippen LogP contribution in [-0.4, -0.2) is 72.8 Å². The zero-order valence-electron chi connectivity index (χ0n) is 25.3. The molecule has 1 saturated heterocycles. The number of oxime groups is 1. The second-order valence-corrected chi connectivity index (χ2v) is 14.3. The first-order valence-electron chi connectivity index (χ1n) is 15.6. The van der Waals surface area contributed by atoms with Crippen molar-refractivity contribution in [2.24, 2.45) is 11.1 Å². The van der Waals surface area contributed by atoms with E-state index < -0.39 is 56.5 Å². The highest BCUT2D eigenvalue weighted by Gasteiger charge is 2.61. The summed E-state index contributed by atoms with van der Waals surface area (Å²) in [7, 11) is -3.84. The van der Waals surface area contributed by atoms with Crippen molar-refractivity contribution in [2.75, 3.05) is 13.2 Å². The van der Waals surface area contributed by atoms with Crippen molar-refractivity contribution in [1.82, 2.24) is 14.9 Å². The van der Waals surface area contributed by atoms with Gasteiger partial charge in [0.15, 0.2) is 0 Å². The lowest BCUT2D eigenvalue weighted by atomic mass is 10.0. The fraction of sp³-hybridized carbons (Fsp3) is 0.455. The Morgan fingerprint density at radius 1 is 1.17 bits per heavy atom. The van der Waals surface area contributed by atoms with E-state index in [4.69, 9.17) is 9.57 Å². The molecule has 46 heavy (non-hydrogen) atoms. The third-order valence-corrected chi connectivity index (χ3v) is 10.8. The normalized spacial score (nSPS) is 26.1. The lowest BCUT2D eigenvalue weighted by molar-refractivity contribution is -0.139. The number of nitrogens with one attached hydrogen (secondary N) is 2. The lowest BCUT2D eigenvalue weighted by Crippen LogP contribution is -2.56. The van der Waals surface area contributed by atoms with E-state index in [1.54, 1.807) is 0 Å². The molecule has 0 radical (unpaired) electrons. The fourth-order valence-electron chi connectivity index (χ4n) is 6.13. The number of hydrogen-bond acceptors (Lipinski definition) is 8. The number of ether oxygens (including phenoxy) is 1. The number of fused-ring (bicyclic) bond motifs is 1. The summed E-state index contributed by atoms with van der Waals surface area (Å²) in [6.07, 6.45) is 3.93. The number of carbonyl (C=O) groups excluding carboxylic acids is 3. The molecule has 2 aliphatic carbocycles. The highest BCUT2D eigenvalue weighted by atomic mass is 32.2. The largest absolute Gasteiger partial charge is 0.492 e. The minimum Gasteiger partial charge on any atom is -0.492 e. The molecule has 0 aromatic heterocycles. The van der Waals surface area contributed by atoms with Crippen molar-refractivity contribution in [3.05, 3.63) is 78.1 Å². The molecule has 2 N–H and O–H groups in total. The second kappa shape index (κ2) is 12.9. The van der Waals surface area contributed by atoms with Gasteiger partial charge in [0.1, 0.15) is 29.3 Å². The Balaban J connectivity index is 1.18. The van der Waals surface area contributed by atoms with Crippen molar-refractivity contribution >= 4 is 33.5 Å². The van der Waals surface area contributed by atoms with Gasteiger partial charge in [0.2, 0.25) is 21.8 Å². The van der Waals surface area contributed by atoms with Gasteiger partial charge in [-0.15, -0.1) is 6.58 Å². The van der Waals surface area contributed by atoms with E-state index in [-0.39, 0.29) is 31.7 Å². The number of hydrogen-bond donors (Lipinski definition) is 2. The molecule has 2 aliphatic heterocycles. The molecule has 2 heterocycles. The second-order valence-electron chi connectivity index (χ2n) is 12.3. The summed E-state index contributed by atoms with van der Waals surface area (Å²) < 4.78 is 46.8. The summed E-state index contributed by atoms with van der Waals surface area (Å²) in [4.78, 5) is 47.9. The van der Waals surface area contributed by atoms with E-state index in [0.29, 0.717) is 55.7 Å². The number of aryl methyl sites for hydroxylation is 1. The summed E-state index contributed by atoms with van der Waals surface area (Å²) in [5, 5.41) is 6.46. The van der Waals surface area contributed by atoms with Crippen LogP contribution in [0.3, 0.4) is 0 Å². The van der Waals surface area contributed by atoms with Crippen molar-refractivity contribution in [1.29, 1.82) is 0 Å². The van der Waals surface area contributed by atoms with Crippen LogP contribution in [0.2, 0.25) is 0 Å². The molecule has 2 saturated carbocycles. The van der Waals surface area contributed by atoms with Crippen LogP contribution >= 0.6 is 0 Å². The van der Waals surface area contributed by atoms with E-state index in [1.807, 2.05) is 30.3 Å². The number of benzene rings is 2. The highest BCUT2D eigenvalue weighted by Crippen LogP contribution is 2.45. The maximum Gasteiger partial charge on any atom is 0.259 e. The Kier molecular flexibility index (Phi) is 8.86. The number of nitrogens with zero attached hydrogens (tertiary/aromatic N) is 2. The Bertz CT molecular complexity index is 1660. The first-order chi connectivity index (χ1) is 22.1.